The van der Waals surface area contributed by atoms with E-state index in [1.54, 1.807) is 4.90 Å². The van der Waals surface area contributed by atoms with Gasteiger partial charge in [0, 0.05) is 13.1 Å². The average molecular weight is 186 g/mol. The zero-order chi connectivity index (χ0) is 10.3. The molecule has 0 aromatic carbocycles. The number of amides is 2. The van der Waals surface area contributed by atoms with Crippen molar-refractivity contribution in [3.8, 4) is 0 Å². The molecular weight excluding hydrogens is 164 g/mol. The quantitative estimate of drug-likeness (QED) is 0.679. The highest BCUT2D eigenvalue weighted by atomic mass is 16.2. The van der Waals surface area contributed by atoms with E-state index in [-0.39, 0.29) is 6.03 Å². The fraction of sp³-hybridized carbons (Fsp3) is 0.900. The first-order valence-electron chi connectivity index (χ1n) is 5.12. The molecule has 2 N–H and O–H groups in total. The molecule has 0 atom stereocenters. The summed E-state index contributed by atoms with van der Waals surface area (Å²) in [6, 6.07) is -0.283. The Morgan fingerprint density at radius 3 is 2.38 bits per heavy atom. The van der Waals surface area contributed by atoms with Gasteiger partial charge in [0.15, 0.2) is 0 Å². The zero-order valence-corrected chi connectivity index (χ0v) is 9.05. The molecular formula is C10H22N2O. The Labute approximate surface area is 81.3 Å². The summed E-state index contributed by atoms with van der Waals surface area (Å²) in [5, 5.41) is 0. The van der Waals surface area contributed by atoms with Crippen LogP contribution in [0.4, 0.5) is 4.79 Å². The summed E-state index contributed by atoms with van der Waals surface area (Å²) in [6.07, 6.45) is 3.18. The molecule has 78 valence electrons. The first-order chi connectivity index (χ1) is 6.07. The van der Waals surface area contributed by atoms with Gasteiger partial charge in [0.05, 0.1) is 0 Å². The lowest BCUT2D eigenvalue weighted by Gasteiger charge is -2.20. The van der Waals surface area contributed by atoms with Crippen molar-refractivity contribution in [3.63, 3.8) is 0 Å². The van der Waals surface area contributed by atoms with Crippen molar-refractivity contribution in [2.45, 2.75) is 40.0 Å². The van der Waals surface area contributed by atoms with E-state index in [2.05, 4.69) is 20.8 Å². The number of nitrogens with two attached hydrogens (primary N) is 1. The molecule has 0 aliphatic heterocycles. The Hall–Kier alpha value is -0.730. The lowest BCUT2D eigenvalue weighted by Crippen LogP contribution is -2.37. The first kappa shape index (κ1) is 12.3. The Balaban J connectivity index is 3.74. The SMILES string of the molecule is CCCCN(CCC(C)C)C(N)=O. The molecule has 0 bridgehead atoms. The second-order valence-corrected chi connectivity index (χ2v) is 3.86. The van der Waals surface area contributed by atoms with Crippen molar-refractivity contribution in [3.05, 3.63) is 0 Å². The Morgan fingerprint density at radius 2 is 2.00 bits per heavy atom. The van der Waals surface area contributed by atoms with E-state index < -0.39 is 0 Å². The van der Waals surface area contributed by atoms with Gasteiger partial charge in [-0.05, 0) is 18.8 Å². The molecule has 13 heavy (non-hydrogen) atoms. The van der Waals surface area contributed by atoms with Crippen LogP contribution in [0.2, 0.25) is 0 Å². The summed E-state index contributed by atoms with van der Waals surface area (Å²) in [7, 11) is 0. The minimum atomic E-state index is -0.283. The molecule has 2 amide bonds. The van der Waals surface area contributed by atoms with E-state index in [0.717, 1.165) is 32.4 Å². The third-order valence-electron chi connectivity index (χ3n) is 2.07. The molecule has 0 aromatic rings. The molecule has 0 fully saturated rings. The lowest BCUT2D eigenvalue weighted by molar-refractivity contribution is 0.203. The van der Waals surface area contributed by atoms with Crippen LogP contribution in [-0.4, -0.2) is 24.0 Å². The van der Waals surface area contributed by atoms with Crippen LogP contribution in [0, 0.1) is 5.92 Å². The van der Waals surface area contributed by atoms with Crippen LogP contribution < -0.4 is 5.73 Å². The Bertz CT molecular complexity index is 146. The number of unbranched alkanes of at least 4 members (excludes halogenated alkanes) is 1. The molecule has 3 heteroatoms. The average Bonchev–Trinajstić information content (AvgIpc) is 2.03. The molecule has 0 radical (unpaired) electrons. The summed E-state index contributed by atoms with van der Waals surface area (Å²) in [6.45, 7) is 8.02. The van der Waals surface area contributed by atoms with Gasteiger partial charge in [0.25, 0.3) is 0 Å². The van der Waals surface area contributed by atoms with Gasteiger partial charge in [-0.15, -0.1) is 0 Å². The van der Waals surface area contributed by atoms with Crippen molar-refractivity contribution >= 4 is 6.03 Å². The molecule has 0 aromatic heterocycles. The summed E-state index contributed by atoms with van der Waals surface area (Å²) >= 11 is 0. The first-order valence-corrected chi connectivity index (χ1v) is 5.12. The molecule has 0 aliphatic carbocycles. The number of primary amides is 1. The highest BCUT2D eigenvalue weighted by molar-refractivity contribution is 5.71. The second-order valence-electron chi connectivity index (χ2n) is 3.86. The van der Waals surface area contributed by atoms with Crippen LogP contribution in [-0.2, 0) is 0 Å². The molecule has 0 heterocycles. The predicted octanol–water partition coefficient (Wildman–Crippen LogP) is 2.21. The monoisotopic (exact) mass is 186 g/mol. The molecule has 3 nitrogen and oxygen atoms in total. The normalized spacial score (nSPS) is 10.5. The van der Waals surface area contributed by atoms with Gasteiger partial charge < -0.3 is 10.6 Å². The highest BCUT2D eigenvalue weighted by Gasteiger charge is 2.08. The minimum Gasteiger partial charge on any atom is -0.351 e. The highest BCUT2D eigenvalue weighted by Crippen LogP contribution is 2.03. The fourth-order valence-corrected chi connectivity index (χ4v) is 1.10. The van der Waals surface area contributed by atoms with Crippen molar-refractivity contribution in [2.24, 2.45) is 11.7 Å². The molecule has 0 aliphatic rings. The molecule has 0 saturated carbocycles. The van der Waals surface area contributed by atoms with E-state index in [0.29, 0.717) is 5.92 Å². The molecule has 0 saturated heterocycles. The van der Waals surface area contributed by atoms with Crippen LogP contribution in [0.3, 0.4) is 0 Å². The van der Waals surface area contributed by atoms with Gasteiger partial charge >= 0.3 is 6.03 Å². The maximum atomic E-state index is 11.0. The van der Waals surface area contributed by atoms with E-state index >= 15 is 0 Å². The minimum absolute atomic E-state index is 0.283. The van der Waals surface area contributed by atoms with E-state index in [1.807, 2.05) is 0 Å². The zero-order valence-electron chi connectivity index (χ0n) is 9.05. The summed E-state index contributed by atoms with van der Waals surface area (Å²) < 4.78 is 0. The van der Waals surface area contributed by atoms with Crippen LogP contribution in [0.25, 0.3) is 0 Å². The number of carbonyl (C=O) groups is 1. The third kappa shape index (κ3) is 6.43. The number of hydrogen-bond acceptors (Lipinski definition) is 1. The maximum absolute atomic E-state index is 11.0. The Morgan fingerprint density at radius 1 is 1.38 bits per heavy atom. The van der Waals surface area contributed by atoms with Crippen LogP contribution in [0.1, 0.15) is 40.0 Å². The topological polar surface area (TPSA) is 46.3 Å². The van der Waals surface area contributed by atoms with Gasteiger partial charge in [-0.3, -0.25) is 0 Å². The number of carbonyl (C=O) groups excluding carboxylic acids is 1. The number of urea groups is 1. The van der Waals surface area contributed by atoms with E-state index in [4.69, 9.17) is 5.73 Å². The Kier molecular flexibility index (Phi) is 6.37. The van der Waals surface area contributed by atoms with Crippen molar-refractivity contribution < 1.29 is 4.79 Å². The smallest absolute Gasteiger partial charge is 0.314 e. The summed E-state index contributed by atoms with van der Waals surface area (Å²) in [5.74, 6) is 0.628. The van der Waals surface area contributed by atoms with Crippen LogP contribution in [0.5, 0.6) is 0 Å². The summed E-state index contributed by atoms with van der Waals surface area (Å²) in [5.41, 5.74) is 5.25. The lowest BCUT2D eigenvalue weighted by atomic mass is 10.1. The summed E-state index contributed by atoms with van der Waals surface area (Å²) in [4.78, 5) is 12.7. The predicted molar refractivity (Wildman–Crippen MR) is 55.5 cm³/mol. The van der Waals surface area contributed by atoms with Crippen molar-refractivity contribution in [2.75, 3.05) is 13.1 Å². The van der Waals surface area contributed by atoms with E-state index in [9.17, 15) is 4.79 Å². The second kappa shape index (κ2) is 6.75. The van der Waals surface area contributed by atoms with Gasteiger partial charge in [-0.2, -0.15) is 0 Å². The van der Waals surface area contributed by atoms with Crippen molar-refractivity contribution in [1.29, 1.82) is 0 Å². The molecule has 0 rings (SSSR count). The molecule has 0 spiro atoms. The maximum Gasteiger partial charge on any atom is 0.314 e. The van der Waals surface area contributed by atoms with Crippen molar-refractivity contribution in [1.82, 2.24) is 4.90 Å². The van der Waals surface area contributed by atoms with E-state index in [1.165, 1.54) is 0 Å². The number of rotatable bonds is 6. The standard InChI is InChI=1S/C10H22N2O/c1-4-5-7-12(10(11)13)8-6-9(2)3/h9H,4-8H2,1-3H3,(H2,11,13). The molecule has 0 unspecified atom stereocenters. The largest absolute Gasteiger partial charge is 0.351 e. The third-order valence-corrected chi connectivity index (χ3v) is 2.07. The van der Waals surface area contributed by atoms with Gasteiger partial charge in [0.1, 0.15) is 0 Å². The van der Waals surface area contributed by atoms with Gasteiger partial charge in [0.2, 0.25) is 0 Å². The van der Waals surface area contributed by atoms with Crippen LogP contribution >= 0.6 is 0 Å². The number of hydrogen-bond donors (Lipinski definition) is 1. The number of nitrogens with zero attached hydrogens (tertiary/aromatic N) is 1. The fourth-order valence-electron chi connectivity index (χ4n) is 1.10. The van der Waals surface area contributed by atoms with Crippen LogP contribution in [0.15, 0.2) is 0 Å². The van der Waals surface area contributed by atoms with Gasteiger partial charge in [-0.1, -0.05) is 27.2 Å². The van der Waals surface area contributed by atoms with Gasteiger partial charge in [-0.25, -0.2) is 4.79 Å².